The maximum absolute atomic E-state index is 13.4. The van der Waals surface area contributed by atoms with Crippen molar-refractivity contribution in [2.45, 2.75) is 31.5 Å². The predicted octanol–water partition coefficient (Wildman–Crippen LogP) is 3.24. The van der Waals surface area contributed by atoms with Gasteiger partial charge in [0.15, 0.2) is 0 Å². The summed E-state index contributed by atoms with van der Waals surface area (Å²) in [6.45, 7) is 1.79. The van der Waals surface area contributed by atoms with Gasteiger partial charge in [-0.1, -0.05) is 18.2 Å². The molecule has 3 aromatic rings. The quantitative estimate of drug-likeness (QED) is 0.674. The molecule has 2 aromatic heterocycles. The van der Waals surface area contributed by atoms with Crippen LogP contribution < -0.4 is 10.2 Å². The molecule has 2 bridgehead atoms. The summed E-state index contributed by atoms with van der Waals surface area (Å²) in [6, 6.07) is 13.4. The SMILES string of the molecule is O=C(N(Cc1ccc(-c2nnc(C(F)F)o2)cn1)c1ccccc1)N1C[C@@H]2C[C@H]1CN2. The number of fused-ring (bicyclic) bond motifs is 2. The molecule has 31 heavy (non-hydrogen) atoms. The van der Waals surface area contributed by atoms with E-state index in [2.05, 4.69) is 20.5 Å². The van der Waals surface area contributed by atoms with E-state index >= 15 is 0 Å². The number of nitrogens with zero attached hydrogens (tertiary/aromatic N) is 5. The van der Waals surface area contributed by atoms with Crippen molar-refractivity contribution in [2.24, 2.45) is 0 Å². The second-order valence-corrected chi connectivity index (χ2v) is 7.64. The summed E-state index contributed by atoms with van der Waals surface area (Å²) in [5.41, 5.74) is 1.87. The molecule has 2 atom stereocenters. The first kappa shape index (κ1) is 19.6. The summed E-state index contributed by atoms with van der Waals surface area (Å²) < 4.78 is 30.3. The number of amides is 2. The molecular weight excluding hydrogens is 406 g/mol. The standard InChI is InChI=1S/C21H20F2N6O2/c22-18(23)20-27-26-19(31-20)13-6-7-14(24-9-13)11-28(16-4-2-1-3-5-16)21(30)29-12-15-8-17(29)10-25-15/h1-7,9,15,17-18,25H,8,10-12H2/t15-,17-/m0/s1. The first-order valence-electron chi connectivity index (χ1n) is 10.0. The molecule has 5 rings (SSSR count). The van der Waals surface area contributed by atoms with Crippen LogP contribution in [-0.2, 0) is 6.54 Å². The van der Waals surface area contributed by atoms with Gasteiger partial charge in [-0.25, -0.2) is 4.79 Å². The Labute approximate surface area is 176 Å². The Hall–Kier alpha value is -3.40. The van der Waals surface area contributed by atoms with Gasteiger partial charge in [-0.2, -0.15) is 8.78 Å². The summed E-state index contributed by atoms with van der Waals surface area (Å²) in [7, 11) is 0. The van der Waals surface area contributed by atoms with Crippen molar-refractivity contribution in [1.82, 2.24) is 25.4 Å². The Morgan fingerprint density at radius 2 is 2.06 bits per heavy atom. The number of para-hydroxylation sites is 1. The number of piperazine rings is 1. The topological polar surface area (TPSA) is 87.4 Å². The average molecular weight is 426 g/mol. The molecule has 8 nitrogen and oxygen atoms in total. The Bertz CT molecular complexity index is 1060. The highest BCUT2D eigenvalue weighted by Crippen LogP contribution is 2.28. The smallest absolute Gasteiger partial charge is 0.325 e. The first-order chi connectivity index (χ1) is 15.1. The van der Waals surface area contributed by atoms with Crippen LogP contribution in [0.4, 0.5) is 19.3 Å². The summed E-state index contributed by atoms with van der Waals surface area (Å²) in [5.74, 6) is -0.750. The van der Waals surface area contributed by atoms with E-state index < -0.39 is 12.3 Å². The number of anilines is 1. The third-order valence-electron chi connectivity index (χ3n) is 5.62. The van der Waals surface area contributed by atoms with E-state index in [4.69, 9.17) is 4.42 Å². The minimum Gasteiger partial charge on any atom is -0.415 e. The van der Waals surface area contributed by atoms with E-state index in [9.17, 15) is 13.6 Å². The molecule has 2 saturated heterocycles. The molecule has 0 unspecified atom stereocenters. The molecule has 2 aliphatic heterocycles. The maximum atomic E-state index is 13.4. The van der Waals surface area contributed by atoms with Crippen LogP contribution in [0.5, 0.6) is 0 Å². The number of halogens is 2. The highest BCUT2D eigenvalue weighted by molar-refractivity contribution is 5.92. The van der Waals surface area contributed by atoms with E-state index in [1.807, 2.05) is 35.2 Å². The molecule has 2 amide bonds. The minimum atomic E-state index is -2.82. The molecule has 0 saturated carbocycles. The highest BCUT2D eigenvalue weighted by atomic mass is 19.3. The normalized spacial score (nSPS) is 19.9. The zero-order valence-electron chi connectivity index (χ0n) is 16.5. The fraction of sp³-hybridized carbons (Fsp3) is 0.333. The number of likely N-dealkylation sites (tertiary alicyclic amines) is 1. The number of alkyl halides is 2. The Balaban J connectivity index is 1.37. The number of urea groups is 1. The van der Waals surface area contributed by atoms with Crippen LogP contribution in [0.1, 0.15) is 24.4 Å². The van der Waals surface area contributed by atoms with E-state index in [-0.39, 0.29) is 24.5 Å². The zero-order chi connectivity index (χ0) is 21.4. The van der Waals surface area contributed by atoms with Crippen LogP contribution in [0.2, 0.25) is 0 Å². The third-order valence-corrected chi connectivity index (χ3v) is 5.62. The Morgan fingerprint density at radius 3 is 2.68 bits per heavy atom. The van der Waals surface area contributed by atoms with Gasteiger partial charge in [0.1, 0.15) is 0 Å². The van der Waals surface area contributed by atoms with Crippen molar-refractivity contribution in [2.75, 3.05) is 18.0 Å². The Kier molecular flexibility index (Phi) is 5.06. The van der Waals surface area contributed by atoms with Crippen LogP contribution in [0.3, 0.4) is 0 Å². The number of hydrogen-bond acceptors (Lipinski definition) is 6. The number of nitrogens with one attached hydrogen (secondary N) is 1. The van der Waals surface area contributed by atoms with Crippen LogP contribution >= 0.6 is 0 Å². The molecule has 2 fully saturated rings. The van der Waals surface area contributed by atoms with Gasteiger partial charge in [0.05, 0.1) is 17.8 Å². The number of rotatable bonds is 5. The van der Waals surface area contributed by atoms with Crippen molar-refractivity contribution in [1.29, 1.82) is 0 Å². The van der Waals surface area contributed by atoms with Gasteiger partial charge in [0, 0.05) is 37.1 Å². The molecule has 2 aliphatic rings. The van der Waals surface area contributed by atoms with Crippen LogP contribution in [-0.4, -0.2) is 51.3 Å². The van der Waals surface area contributed by atoms with Crippen molar-refractivity contribution in [3.05, 3.63) is 60.2 Å². The number of aromatic nitrogens is 3. The van der Waals surface area contributed by atoms with Gasteiger partial charge in [0.2, 0.25) is 5.89 Å². The fourth-order valence-electron chi connectivity index (χ4n) is 4.07. The monoisotopic (exact) mass is 426 g/mol. The zero-order valence-corrected chi connectivity index (χ0v) is 16.5. The first-order valence-corrected chi connectivity index (χ1v) is 10.0. The summed E-state index contributed by atoms with van der Waals surface area (Å²) in [4.78, 5) is 21.4. The van der Waals surface area contributed by atoms with Gasteiger partial charge in [-0.05, 0) is 30.7 Å². The molecule has 160 valence electrons. The molecule has 0 spiro atoms. The third kappa shape index (κ3) is 3.86. The number of carbonyl (C=O) groups excluding carboxylic acids is 1. The lowest BCUT2D eigenvalue weighted by molar-refractivity contribution is 0.116. The fourth-order valence-corrected chi connectivity index (χ4v) is 4.07. The largest absolute Gasteiger partial charge is 0.415 e. The molecule has 1 N–H and O–H groups in total. The van der Waals surface area contributed by atoms with Crippen LogP contribution in [0.25, 0.3) is 11.5 Å². The second-order valence-electron chi connectivity index (χ2n) is 7.64. The molecule has 0 aliphatic carbocycles. The van der Waals surface area contributed by atoms with Crippen molar-refractivity contribution >= 4 is 11.7 Å². The molecule has 0 radical (unpaired) electrons. The average Bonchev–Trinajstić information content (AvgIpc) is 3.55. The van der Waals surface area contributed by atoms with E-state index in [1.54, 1.807) is 17.0 Å². The van der Waals surface area contributed by atoms with E-state index in [0.717, 1.165) is 18.7 Å². The van der Waals surface area contributed by atoms with Gasteiger partial charge in [-0.15, -0.1) is 10.2 Å². The van der Waals surface area contributed by atoms with Crippen LogP contribution in [0, 0.1) is 0 Å². The summed E-state index contributed by atoms with van der Waals surface area (Å²) in [5, 5.41) is 10.4. The van der Waals surface area contributed by atoms with E-state index in [0.29, 0.717) is 23.8 Å². The highest BCUT2D eigenvalue weighted by Gasteiger charge is 2.41. The van der Waals surface area contributed by atoms with Crippen molar-refractivity contribution in [3.63, 3.8) is 0 Å². The van der Waals surface area contributed by atoms with Crippen molar-refractivity contribution < 1.29 is 18.0 Å². The lowest BCUT2D eigenvalue weighted by Gasteiger charge is -2.33. The molecule has 10 heteroatoms. The van der Waals surface area contributed by atoms with Gasteiger partial charge in [-0.3, -0.25) is 9.88 Å². The number of benzene rings is 1. The van der Waals surface area contributed by atoms with Crippen LogP contribution in [0.15, 0.2) is 53.1 Å². The molecular formula is C21H20F2N6O2. The Morgan fingerprint density at radius 1 is 1.23 bits per heavy atom. The molecule has 4 heterocycles. The lowest BCUT2D eigenvalue weighted by Crippen LogP contribution is -2.51. The van der Waals surface area contributed by atoms with Gasteiger partial charge in [0.25, 0.3) is 5.89 Å². The number of pyridine rings is 1. The minimum absolute atomic E-state index is 0.0223. The summed E-state index contributed by atoms with van der Waals surface area (Å²) in [6.07, 6.45) is -0.366. The lowest BCUT2D eigenvalue weighted by atomic mass is 10.2. The van der Waals surface area contributed by atoms with E-state index in [1.165, 1.54) is 6.20 Å². The van der Waals surface area contributed by atoms with Crippen molar-refractivity contribution in [3.8, 4) is 11.5 Å². The summed E-state index contributed by atoms with van der Waals surface area (Å²) >= 11 is 0. The van der Waals surface area contributed by atoms with Gasteiger partial charge >= 0.3 is 12.5 Å². The predicted molar refractivity (Wildman–Crippen MR) is 107 cm³/mol. The maximum Gasteiger partial charge on any atom is 0.325 e. The number of hydrogen-bond donors (Lipinski definition) is 1. The van der Waals surface area contributed by atoms with Gasteiger partial charge < -0.3 is 14.6 Å². The number of carbonyl (C=O) groups is 1. The molecule has 1 aromatic carbocycles. The second kappa shape index (κ2) is 8.03.